The molecule has 2 amide bonds. The first kappa shape index (κ1) is 22.7. The molecule has 2 N–H and O–H groups in total. The Hall–Kier alpha value is -3.93. The van der Waals surface area contributed by atoms with E-state index in [2.05, 4.69) is 10.3 Å². The average molecular weight is 435 g/mol. The van der Waals surface area contributed by atoms with Gasteiger partial charge < -0.3 is 15.3 Å². The number of pyridine rings is 1. The number of carbonyl (C=O) groups excluding carboxylic acids is 2. The molecule has 2 heterocycles. The van der Waals surface area contributed by atoms with Gasteiger partial charge in [0, 0.05) is 44.9 Å². The van der Waals surface area contributed by atoms with E-state index in [0.29, 0.717) is 42.9 Å². The fourth-order valence-electron chi connectivity index (χ4n) is 3.70. The van der Waals surface area contributed by atoms with Crippen molar-refractivity contribution in [1.82, 2.24) is 9.47 Å². The average Bonchev–Trinajstić information content (AvgIpc) is 3.15. The zero-order valence-corrected chi connectivity index (χ0v) is 18.1. The van der Waals surface area contributed by atoms with Crippen LogP contribution in [0.4, 0.5) is 11.4 Å². The van der Waals surface area contributed by atoms with Gasteiger partial charge in [-0.2, -0.15) is 5.26 Å². The molecular weight excluding hydrogens is 410 g/mol. The number of rotatable bonds is 7. The third-order valence-corrected chi connectivity index (χ3v) is 5.34. The van der Waals surface area contributed by atoms with Crippen LogP contribution in [0, 0.1) is 18.3 Å². The van der Waals surface area contributed by atoms with Crippen LogP contribution in [0.5, 0.6) is 5.88 Å². The number of carbonyl (C=O) groups is 2. The van der Waals surface area contributed by atoms with E-state index in [1.807, 2.05) is 6.07 Å². The SMILES string of the molecule is CC(=O)Nc1cccc(N=Cc2c(C)c(C#N)c(=O)n(CCCN3CCCC3=O)c2O)c1. The van der Waals surface area contributed by atoms with Gasteiger partial charge in [-0.3, -0.25) is 23.9 Å². The van der Waals surface area contributed by atoms with Crippen LogP contribution in [0.2, 0.25) is 0 Å². The molecule has 1 fully saturated rings. The highest BCUT2D eigenvalue weighted by atomic mass is 16.3. The fraction of sp³-hybridized carbons (Fsp3) is 0.348. The summed E-state index contributed by atoms with van der Waals surface area (Å²) < 4.78 is 1.15. The van der Waals surface area contributed by atoms with Crippen molar-refractivity contribution < 1.29 is 14.7 Å². The van der Waals surface area contributed by atoms with Crippen LogP contribution in [0.15, 0.2) is 34.1 Å². The van der Waals surface area contributed by atoms with E-state index in [0.717, 1.165) is 11.0 Å². The van der Waals surface area contributed by atoms with Crippen molar-refractivity contribution >= 4 is 29.4 Å². The molecule has 0 bridgehead atoms. The number of hydrogen-bond donors (Lipinski definition) is 2. The van der Waals surface area contributed by atoms with Gasteiger partial charge in [0.1, 0.15) is 11.6 Å². The quantitative estimate of drug-likeness (QED) is 0.646. The zero-order chi connectivity index (χ0) is 23.3. The van der Waals surface area contributed by atoms with Crippen LogP contribution in [0.1, 0.15) is 42.9 Å². The summed E-state index contributed by atoms with van der Waals surface area (Å²) >= 11 is 0. The van der Waals surface area contributed by atoms with Crippen molar-refractivity contribution in [3.05, 3.63) is 51.3 Å². The van der Waals surface area contributed by atoms with Crippen molar-refractivity contribution in [2.75, 3.05) is 18.4 Å². The first-order chi connectivity index (χ1) is 15.3. The molecule has 0 unspecified atom stereocenters. The summed E-state index contributed by atoms with van der Waals surface area (Å²) in [5.41, 5.74) is 1.07. The second-order valence-electron chi connectivity index (χ2n) is 7.63. The minimum Gasteiger partial charge on any atom is -0.494 e. The van der Waals surface area contributed by atoms with Crippen LogP contribution in [-0.4, -0.2) is 45.7 Å². The molecule has 0 saturated carbocycles. The number of nitrogens with zero attached hydrogens (tertiary/aromatic N) is 4. The molecule has 1 saturated heterocycles. The summed E-state index contributed by atoms with van der Waals surface area (Å²) in [6.07, 6.45) is 3.25. The number of amides is 2. The van der Waals surface area contributed by atoms with Crippen molar-refractivity contribution in [2.45, 2.75) is 39.7 Å². The molecule has 9 nitrogen and oxygen atoms in total. The van der Waals surface area contributed by atoms with Crippen molar-refractivity contribution in [2.24, 2.45) is 4.99 Å². The Morgan fingerprint density at radius 1 is 1.34 bits per heavy atom. The molecule has 166 valence electrons. The van der Waals surface area contributed by atoms with Crippen LogP contribution in [-0.2, 0) is 16.1 Å². The molecule has 32 heavy (non-hydrogen) atoms. The van der Waals surface area contributed by atoms with Crippen LogP contribution >= 0.6 is 0 Å². The van der Waals surface area contributed by atoms with Crippen molar-refractivity contribution in [1.29, 1.82) is 5.26 Å². The van der Waals surface area contributed by atoms with Gasteiger partial charge in [0.05, 0.1) is 11.3 Å². The van der Waals surface area contributed by atoms with Crippen LogP contribution < -0.4 is 10.9 Å². The molecule has 0 spiro atoms. The molecule has 0 radical (unpaired) electrons. The maximum absolute atomic E-state index is 12.7. The standard InChI is InChI=1S/C23H25N5O4/c1-15-19(13-24)22(31)28(11-5-10-27-9-4-8-21(27)30)23(32)20(15)14-25-17-6-3-7-18(12-17)26-16(2)29/h3,6-7,12,14,32H,4-5,8-11H2,1-2H3,(H,26,29). The third kappa shape index (κ3) is 5.03. The van der Waals surface area contributed by atoms with Gasteiger partial charge in [-0.15, -0.1) is 0 Å². The Balaban J connectivity index is 1.88. The molecule has 2 aromatic rings. The molecule has 9 heteroatoms. The number of nitrogens with one attached hydrogen (secondary N) is 1. The molecule has 1 aromatic carbocycles. The summed E-state index contributed by atoms with van der Waals surface area (Å²) in [7, 11) is 0. The van der Waals surface area contributed by atoms with E-state index in [1.54, 1.807) is 36.1 Å². The normalized spacial score (nSPS) is 13.5. The van der Waals surface area contributed by atoms with E-state index < -0.39 is 5.56 Å². The first-order valence-corrected chi connectivity index (χ1v) is 10.4. The number of aliphatic imine (C=N–C) groups is 1. The lowest BCUT2D eigenvalue weighted by atomic mass is 10.1. The van der Waals surface area contributed by atoms with E-state index in [9.17, 15) is 24.8 Å². The first-order valence-electron chi connectivity index (χ1n) is 10.4. The van der Waals surface area contributed by atoms with Gasteiger partial charge in [-0.05, 0) is 43.5 Å². The Labute approximate surface area is 185 Å². The largest absolute Gasteiger partial charge is 0.494 e. The number of nitriles is 1. The fourth-order valence-corrected chi connectivity index (χ4v) is 3.70. The number of likely N-dealkylation sites (tertiary alicyclic amines) is 1. The molecular formula is C23H25N5O4. The van der Waals surface area contributed by atoms with Crippen molar-refractivity contribution in [3.63, 3.8) is 0 Å². The summed E-state index contributed by atoms with van der Waals surface area (Å²) in [5.74, 6) is -0.389. The number of aromatic nitrogens is 1. The van der Waals surface area contributed by atoms with Crippen LogP contribution in [0.3, 0.4) is 0 Å². The van der Waals surface area contributed by atoms with Crippen LogP contribution in [0.25, 0.3) is 0 Å². The highest BCUT2D eigenvalue weighted by Crippen LogP contribution is 2.23. The summed E-state index contributed by atoms with van der Waals surface area (Å²) in [5, 5.41) is 23.0. The predicted octanol–water partition coefficient (Wildman–Crippen LogP) is 2.46. The Morgan fingerprint density at radius 2 is 2.12 bits per heavy atom. The van der Waals surface area contributed by atoms with E-state index in [4.69, 9.17) is 0 Å². The molecule has 3 rings (SSSR count). The van der Waals surface area contributed by atoms with Gasteiger partial charge in [0.2, 0.25) is 17.7 Å². The smallest absolute Gasteiger partial charge is 0.271 e. The monoisotopic (exact) mass is 435 g/mol. The number of hydrogen-bond acceptors (Lipinski definition) is 6. The zero-order valence-electron chi connectivity index (χ0n) is 18.1. The Kier molecular flexibility index (Phi) is 7.05. The molecule has 0 atom stereocenters. The predicted molar refractivity (Wildman–Crippen MR) is 120 cm³/mol. The summed E-state index contributed by atoms with van der Waals surface area (Å²) in [6.45, 7) is 4.35. The second kappa shape index (κ2) is 9.92. The molecule has 1 aromatic heterocycles. The minimum atomic E-state index is -0.569. The number of benzene rings is 1. The second-order valence-corrected chi connectivity index (χ2v) is 7.63. The Morgan fingerprint density at radius 3 is 2.78 bits per heavy atom. The van der Waals surface area contributed by atoms with Gasteiger partial charge >= 0.3 is 0 Å². The lowest BCUT2D eigenvalue weighted by Crippen LogP contribution is -2.29. The lowest BCUT2D eigenvalue weighted by molar-refractivity contribution is -0.127. The molecule has 1 aliphatic rings. The van der Waals surface area contributed by atoms with Gasteiger partial charge in [-0.25, -0.2) is 0 Å². The van der Waals surface area contributed by atoms with Gasteiger partial charge in [0.15, 0.2) is 0 Å². The molecule has 0 aliphatic carbocycles. The minimum absolute atomic E-state index is 0.0616. The van der Waals surface area contributed by atoms with E-state index in [1.165, 1.54) is 13.1 Å². The summed E-state index contributed by atoms with van der Waals surface area (Å²) in [6, 6.07) is 8.76. The Bertz CT molecular complexity index is 1180. The van der Waals surface area contributed by atoms with Crippen molar-refractivity contribution in [3.8, 4) is 11.9 Å². The third-order valence-electron chi connectivity index (χ3n) is 5.34. The van der Waals surface area contributed by atoms with E-state index in [-0.39, 0.29) is 35.4 Å². The van der Waals surface area contributed by atoms with E-state index >= 15 is 0 Å². The number of anilines is 1. The maximum atomic E-state index is 12.7. The maximum Gasteiger partial charge on any atom is 0.271 e. The molecule has 1 aliphatic heterocycles. The van der Waals surface area contributed by atoms with Gasteiger partial charge in [0.25, 0.3) is 5.56 Å². The highest BCUT2D eigenvalue weighted by molar-refractivity contribution is 5.90. The topological polar surface area (TPSA) is 128 Å². The lowest BCUT2D eigenvalue weighted by Gasteiger charge is -2.17. The highest BCUT2D eigenvalue weighted by Gasteiger charge is 2.21. The number of aromatic hydroxyl groups is 1. The summed E-state index contributed by atoms with van der Waals surface area (Å²) in [4.78, 5) is 41.8. The van der Waals surface area contributed by atoms with Gasteiger partial charge in [-0.1, -0.05) is 6.07 Å².